The van der Waals surface area contributed by atoms with E-state index in [4.69, 9.17) is 0 Å². The first kappa shape index (κ1) is 16.2. The summed E-state index contributed by atoms with van der Waals surface area (Å²) >= 11 is 8.55. The molecule has 1 N–H and O–H groups in total. The molecule has 0 aliphatic heterocycles. The van der Waals surface area contributed by atoms with E-state index in [0.717, 1.165) is 18.7 Å². The second-order valence-electron chi connectivity index (χ2n) is 5.21. The summed E-state index contributed by atoms with van der Waals surface area (Å²) in [6.07, 6.45) is -0.569. The fourth-order valence-electron chi connectivity index (χ4n) is 2.58. The van der Waals surface area contributed by atoms with E-state index in [1.807, 2.05) is 6.07 Å². The second-order valence-corrected chi connectivity index (χ2v) is 8.47. The van der Waals surface area contributed by atoms with Crippen LogP contribution in [0, 0.1) is 34.6 Å². The van der Waals surface area contributed by atoms with Crippen molar-refractivity contribution in [2.75, 3.05) is 0 Å². The molecule has 0 amide bonds. The maximum absolute atomic E-state index is 10.8. The summed E-state index contributed by atoms with van der Waals surface area (Å²) < 4.78 is 2.01. The van der Waals surface area contributed by atoms with E-state index in [1.165, 1.54) is 27.8 Å². The van der Waals surface area contributed by atoms with E-state index in [2.05, 4.69) is 66.5 Å². The van der Waals surface area contributed by atoms with Gasteiger partial charge < -0.3 is 5.11 Å². The van der Waals surface area contributed by atoms with Gasteiger partial charge in [0.1, 0.15) is 6.10 Å². The van der Waals surface area contributed by atoms with Gasteiger partial charge in [0, 0.05) is 9.35 Å². The van der Waals surface area contributed by atoms with Gasteiger partial charge in [-0.1, -0.05) is 0 Å². The van der Waals surface area contributed by atoms with Crippen molar-refractivity contribution in [3.8, 4) is 0 Å². The summed E-state index contributed by atoms with van der Waals surface area (Å²) in [5.74, 6) is 0. The minimum absolute atomic E-state index is 0.569. The van der Waals surface area contributed by atoms with Crippen LogP contribution in [0.15, 0.2) is 14.3 Å². The molecule has 2 aromatic rings. The molecule has 0 saturated carbocycles. The van der Waals surface area contributed by atoms with E-state index < -0.39 is 6.10 Å². The number of halogens is 2. The van der Waals surface area contributed by atoms with Crippen LogP contribution in [-0.4, -0.2) is 5.11 Å². The van der Waals surface area contributed by atoms with E-state index in [-0.39, 0.29) is 0 Å². The van der Waals surface area contributed by atoms with Gasteiger partial charge in [0.05, 0.1) is 3.79 Å². The predicted molar refractivity (Wildman–Crippen MR) is 93.9 cm³/mol. The summed E-state index contributed by atoms with van der Waals surface area (Å²) in [6, 6.07) is 1.99. The van der Waals surface area contributed by atoms with E-state index >= 15 is 0 Å². The van der Waals surface area contributed by atoms with Crippen LogP contribution >= 0.6 is 43.2 Å². The van der Waals surface area contributed by atoms with Gasteiger partial charge in [-0.2, -0.15) is 0 Å². The first-order valence-corrected chi connectivity index (χ1v) is 8.85. The molecule has 108 valence electrons. The highest BCUT2D eigenvalue weighted by Crippen LogP contribution is 2.40. The topological polar surface area (TPSA) is 20.2 Å². The number of hydrogen-bond donors (Lipinski definition) is 1. The minimum Gasteiger partial charge on any atom is -0.383 e. The molecule has 1 aromatic heterocycles. The molecule has 2 rings (SSSR count). The molecular weight excluding hydrogens is 400 g/mol. The van der Waals surface area contributed by atoms with Crippen molar-refractivity contribution >= 4 is 43.2 Å². The average molecular weight is 418 g/mol. The van der Waals surface area contributed by atoms with Crippen LogP contribution in [0.1, 0.15) is 44.4 Å². The standard InChI is InChI=1S/C16H18Br2OS/c1-7-8(2)10(4)14(11(5)9(7)3)15(19)13-6-12(17)16(18)20-13/h6,15,19H,1-5H3. The van der Waals surface area contributed by atoms with Crippen molar-refractivity contribution in [3.63, 3.8) is 0 Å². The molecular formula is C16H18Br2OS. The molecule has 0 bridgehead atoms. The molecule has 0 fully saturated rings. The van der Waals surface area contributed by atoms with Crippen LogP contribution in [0.4, 0.5) is 0 Å². The van der Waals surface area contributed by atoms with Crippen LogP contribution < -0.4 is 0 Å². The van der Waals surface area contributed by atoms with Crippen LogP contribution in [-0.2, 0) is 0 Å². The zero-order valence-electron chi connectivity index (χ0n) is 12.3. The van der Waals surface area contributed by atoms with Crippen molar-refractivity contribution in [2.24, 2.45) is 0 Å². The Morgan fingerprint density at radius 3 is 1.75 bits per heavy atom. The van der Waals surface area contributed by atoms with E-state index in [9.17, 15) is 5.11 Å². The molecule has 4 heteroatoms. The number of aliphatic hydroxyl groups excluding tert-OH is 1. The lowest BCUT2D eigenvalue weighted by Crippen LogP contribution is -2.08. The van der Waals surface area contributed by atoms with Crippen molar-refractivity contribution in [1.82, 2.24) is 0 Å². The zero-order chi connectivity index (χ0) is 15.2. The molecule has 1 aromatic carbocycles. The Bertz CT molecular complexity index is 625. The third-order valence-corrected chi connectivity index (χ3v) is 7.57. The third kappa shape index (κ3) is 2.63. The van der Waals surface area contributed by atoms with Crippen LogP contribution in [0.2, 0.25) is 0 Å². The number of thiophene rings is 1. The first-order chi connectivity index (χ1) is 9.25. The molecule has 1 unspecified atom stereocenters. The van der Waals surface area contributed by atoms with Gasteiger partial charge in [0.25, 0.3) is 0 Å². The predicted octanol–water partition coefficient (Wildman–Crippen LogP) is 5.90. The SMILES string of the molecule is Cc1c(C)c(C)c(C(O)c2cc(Br)c(Br)s2)c(C)c1C. The summed E-state index contributed by atoms with van der Waals surface area (Å²) in [4.78, 5) is 0.956. The van der Waals surface area contributed by atoms with Gasteiger partial charge in [0.2, 0.25) is 0 Å². The van der Waals surface area contributed by atoms with Gasteiger partial charge in [-0.15, -0.1) is 11.3 Å². The average Bonchev–Trinajstić information content (AvgIpc) is 2.74. The van der Waals surface area contributed by atoms with Gasteiger partial charge >= 0.3 is 0 Å². The summed E-state index contributed by atoms with van der Waals surface area (Å²) in [7, 11) is 0. The normalized spacial score (nSPS) is 12.8. The van der Waals surface area contributed by atoms with Crippen molar-refractivity contribution in [2.45, 2.75) is 40.7 Å². The van der Waals surface area contributed by atoms with Gasteiger partial charge in [-0.25, -0.2) is 0 Å². The summed E-state index contributed by atoms with van der Waals surface area (Å²) in [6.45, 7) is 10.6. The number of rotatable bonds is 2. The zero-order valence-corrected chi connectivity index (χ0v) is 16.3. The molecule has 0 radical (unpaired) electrons. The van der Waals surface area contributed by atoms with Crippen LogP contribution in [0.25, 0.3) is 0 Å². The van der Waals surface area contributed by atoms with Gasteiger partial charge in [-0.3, -0.25) is 0 Å². The fraction of sp³-hybridized carbons (Fsp3) is 0.375. The first-order valence-electron chi connectivity index (χ1n) is 6.45. The lowest BCUT2D eigenvalue weighted by atomic mass is 9.87. The molecule has 1 atom stereocenters. The number of hydrogen-bond acceptors (Lipinski definition) is 2. The van der Waals surface area contributed by atoms with Gasteiger partial charge in [0.15, 0.2) is 0 Å². The molecule has 0 spiro atoms. The van der Waals surface area contributed by atoms with Gasteiger partial charge in [-0.05, 0) is 106 Å². The highest BCUT2D eigenvalue weighted by atomic mass is 79.9. The number of aliphatic hydroxyl groups is 1. The molecule has 20 heavy (non-hydrogen) atoms. The maximum Gasteiger partial charge on any atom is 0.114 e. The Morgan fingerprint density at radius 1 is 0.900 bits per heavy atom. The molecule has 1 heterocycles. The minimum atomic E-state index is -0.569. The Labute approximate surface area is 141 Å². The Kier molecular flexibility index (Phi) is 4.80. The molecule has 0 aliphatic carbocycles. The third-order valence-electron chi connectivity index (χ3n) is 4.27. The highest BCUT2D eigenvalue weighted by molar-refractivity contribution is 9.13. The van der Waals surface area contributed by atoms with Crippen LogP contribution in [0.5, 0.6) is 0 Å². The van der Waals surface area contributed by atoms with E-state index in [0.29, 0.717) is 0 Å². The van der Waals surface area contributed by atoms with Crippen molar-refractivity contribution in [1.29, 1.82) is 0 Å². The second kappa shape index (κ2) is 5.91. The highest BCUT2D eigenvalue weighted by Gasteiger charge is 2.22. The van der Waals surface area contributed by atoms with Crippen molar-refractivity contribution < 1.29 is 5.11 Å². The number of benzene rings is 1. The summed E-state index contributed by atoms with van der Waals surface area (Å²) in [5, 5.41) is 10.8. The molecule has 0 saturated heterocycles. The van der Waals surface area contributed by atoms with Crippen molar-refractivity contribution in [3.05, 3.63) is 52.6 Å². The smallest absolute Gasteiger partial charge is 0.114 e. The summed E-state index contributed by atoms with van der Waals surface area (Å²) in [5.41, 5.74) is 7.31. The molecule has 0 aliphatic rings. The fourth-order valence-corrected chi connectivity index (χ4v) is 4.67. The maximum atomic E-state index is 10.8. The monoisotopic (exact) mass is 416 g/mol. The van der Waals surface area contributed by atoms with E-state index in [1.54, 1.807) is 11.3 Å². The lowest BCUT2D eigenvalue weighted by Gasteiger charge is -2.22. The lowest BCUT2D eigenvalue weighted by molar-refractivity contribution is 0.222. The quantitative estimate of drug-likeness (QED) is 0.644. The Hall–Kier alpha value is -0.160. The van der Waals surface area contributed by atoms with Crippen LogP contribution in [0.3, 0.4) is 0 Å². The Morgan fingerprint density at radius 2 is 1.35 bits per heavy atom. The Balaban J connectivity index is 2.63. The molecule has 1 nitrogen and oxygen atoms in total. The largest absolute Gasteiger partial charge is 0.383 e.